The van der Waals surface area contributed by atoms with Crippen molar-refractivity contribution in [3.05, 3.63) is 28.3 Å². The SMILES string of the molecule is NC(=S)C1CCCN1Cc1cc(Cl)cc2c1OCC2. The Hall–Kier alpha value is -0.840. The maximum Gasteiger partial charge on any atom is 0.127 e. The molecule has 1 fully saturated rings. The predicted molar refractivity (Wildman–Crippen MR) is 80.9 cm³/mol. The molecule has 0 amide bonds. The quantitative estimate of drug-likeness (QED) is 0.870. The molecule has 1 unspecified atom stereocenters. The summed E-state index contributed by atoms with van der Waals surface area (Å²) in [6.07, 6.45) is 3.15. The van der Waals surface area contributed by atoms with Gasteiger partial charge in [-0.2, -0.15) is 0 Å². The van der Waals surface area contributed by atoms with Crippen molar-refractivity contribution in [2.24, 2.45) is 5.73 Å². The highest BCUT2D eigenvalue weighted by atomic mass is 35.5. The van der Waals surface area contributed by atoms with Crippen LogP contribution in [0.25, 0.3) is 0 Å². The minimum absolute atomic E-state index is 0.214. The Morgan fingerprint density at radius 1 is 1.53 bits per heavy atom. The van der Waals surface area contributed by atoms with E-state index in [2.05, 4.69) is 4.90 Å². The maximum absolute atomic E-state index is 6.19. The van der Waals surface area contributed by atoms with Crippen molar-refractivity contribution in [3.8, 4) is 5.75 Å². The van der Waals surface area contributed by atoms with Crippen molar-refractivity contribution in [3.63, 3.8) is 0 Å². The van der Waals surface area contributed by atoms with E-state index in [4.69, 9.17) is 34.3 Å². The largest absolute Gasteiger partial charge is 0.493 e. The molecule has 3 rings (SSSR count). The smallest absolute Gasteiger partial charge is 0.127 e. The first-order chi connectivity index (χ1) is 9.15. The van der Waals surface area contributed by atoms with Gasteiger partial charge in [-0.3, -0.25) is 4.90 Å². The van der Waals surface area contributed by atoms with E-state index in [0.29, 0.717) is 4.99 Å². The van der Waals surface area contributed by atoms with Crippen LogP contribution in [0.15, 0.2) is 12.1 Å². The van der Waals surface area contributed by atoms with Crippen molar-refractivity contribution >= 4 is 28.8 Å². The molecular weight excluding hydrogens is 280 g/mol. The van der Waals surface area contributed by atoms with Gasteiger partial charge in [0.25, 0.3) is 0 Å². The zero-order chi connectivity index (χ0) is 13.4. The molecule has 2 aliphatic heterocycles. The van der Waals surface area contributed by atoms with E-state index in [1.54, 1.807) is 0 Å². The van der Waals surface area contributed by atoms with Crippen LogP contribution in [-0.4, -0.2) is 29.1 Å². The highest BCUT2D eigenvalue weighted by molar-refractivity contribution is 7.80. The number of halogens is 1. The van der Waals surface area contributed by atoms with Crippen LogP contribution >= 0.6 is 23.8 Å². The molecule has 2 N–H and O–H groups in total. The van der Waals surface area contributed by atoms with Crippen LogP contribution < -0.4 is 10.5 Å². The monoisotopic (exact) mass is 296 g/mol. The summed E-state index contributed by atoms with van der Waals surface area (Å²) < 4.78 is 5.74. The molecule has 1 atom stereocenters. The van der Waals surface area contributed by atoms with Crippen molar-refractivity contribution in [2.45, 2.75) is 31.8 Å². The van der Waals surface area contributed by atoms with Gasteiger partial charge in [-0.15, -0.1) is 0 Å². The van der Waals surface area contributed by atoms with Crippen molar-refractivity contribution in [2.75, 3.05) is 13.2 Å². The number of hydrogen-bond donors (Lipinski definition) is 1. The number of benzene rings is 1. The molecule has 2 heterocycles. The molecule has 0 spiro atoms. The molecule has 3 nitrogen and oxygen atoms in total. The molecule has 0 saturated carbocycles. The number of nitrogens with two attached hydrogens (primary N) is 1. The van der Waals surface area contributed by atoms with E-state index < -0.39 is 0 Å². The van der Waals surface area contributed by atoms with Crippen LogP contribution in [0.2, 0.25) is 5.02 Å². The van der Waals surface area contributed by atoms with E-state index in [-0.39, 0.29) is 6.04 Å². The molecule has 0 radical (unpaired) electrons. The van der Waals surface area contributed by atoms with Gasteiger partial charge >= 0.3 is 0 Å². The van der Waals surface area contributed by atoms with Gasteiger partial charge in [-0.25, -0.2) is 0 Å². The Morgan fingerprint density at radius 3 is 3.16 bits per heavy atom. The summed E-state index contributed by atoms with van der Waals surface area (Å²) in [5.74, 6) is 1.01. The number of nitrogens with zero attached hydrogens (tertiary/aromatic N) is 1. The van der Waals surface area contributed by atoms with Crippen LogP contribution in [0.3, 0.4) is 0 Å². The molecule has 19 heavy (non-hydrogen) atoms. The van der Waals surface area contributed by atoms with Crippen molar-refractivity contribution in [1.82, 2.24) is 4.90 Å². The molecule has 0 aromatic heterocycles. The molecule has 0 aliphatic carbocycles. The van der Waals surface area contributed by atoms with Gasteiger partial charge < -0.3 is 10.5 Å². The lowest BCUT2D eigenvalue weighted by atomic mass is 10.1. The first-order valence-electron chi connectivity index (χ1n) is 6.62. The van der Waals surface area contributed by atoms with Gasteiger partial charge in [0.2, 0.25) is 0 Å². The third kappa shape index (κ3) is 2.57. The van der Waals surface area contributed by atoms with Gasteiger partial charge in [0.05, 0.1) is 17.6 Å². The molecule has 0 bridgehead atoms. The van der Waals surface area contributed by atoms with Crippen LogP contribution in [0, 0.1) is 0 Å². The number of fused-ring (bicyclic) bond motifs is 1. The van der Waals surface area contributed by atoms with Gasteiger partial charge in [0.15, 0.2) is 0 Å². The Morgan fingerprint density at radius 2 is 2.37 bits per heavy atom. The number of hydrogen-bond acceptors (Lipinski definition) is 3. The van der Waals surface area contributed by atoms with E-state index in [1.807, 2.05) is 12.1 Å². The van der Waals surface area contributed by atoms with Crippen LogP contribution in [0.1, 0.15) is 24.0 Å². The summed E-state index contributed by atoms with van der Waals surface area (Å²) in [6, 6.07) is 4.22. The summed E-state index contributed by atoms with van der Waals surface area (Å²) in [4.78, 5) is 2.92. The summed E-state index contributed by atoms with van der Waals surface area (Å²) in [7, 11) is 0. The Kier molecular flexibility index (Phi) is 3.65. The second kappa shape index (κ2) is 5.27. The lowest BCUT2D eigenvalue weighted by Gasteiger charge is -2.24. The third-order valence-electron chi connectivity index (χ3n) is 3.89. The Bertz CT molecular complexity index is 520. The lowest BCUT2D eigenvalue weighted by molar-refractivity contribution is 0.285. The second-order valence-corrected chi connectivity index (χ2v) is 6.09. The fraction of sp³-hybridized carbons (Fsp3) is 0.500. The van der Waals surface area contributed by atoms with Gasteiger partial charge in [-0.05, 0) is 37.1 Å². The highest BCUT2D eigenvalue weighted by Crippen LogP contribution is 2.34. The summed E-state index contributed by atoms with van der Waals surface area (Å²) in [5, 5.41) is 0.783. The minimum atomic E-state index is 0.214. The maximum atomic E-state index is 6.19. The average molecular weight is 297 g/mol. The third-order valence-corrected chi connectivity index (χ3v) is 4.38. The number of thiocarbonyl (C=S) groups is 1. The fourth-order valence-electron chi connectivity index (χ4n) is 3.02. The summed E-state index contributed by atoms with van der Waals surface area (Å²) >= 11 is 11.3. The molecule has 1 saturated heterocycles. The lowest BCUT2D eigenvalue weighted by Crippen LogP contribution is -2.38. The van der Waals surface area contributed by atoms with Gasteiger partial charge in [-0.1, -0.05) is 23.8 Å². The molecule has 1 aromatic rings. The van der Waals surface area contributed by atoms with E-state index in [0.717, 1.165) is 55.3 Å². The summed E-state index contributed by atoms with van der Waals surface area (Å²) in [5.41, 5.74) is 8.19. The molecular formula is C14H17ClN2OS. The van der Waals surface area contributed by atoms with E-state index in [1.165, 1.54) is 5.56 Å². The standard InChI is InChI=1S/C14H17ClN2OS/c15-11-6-9-3-5-18-13(9)10(7-11)8-17-4-1-2-12(17)14(16)19/h6-7,12H,1-5,8H2,(H2,16,19). The number of ether oxygens (including phenoxy) is 1. The minimum Gasteiger partial charge on any atom is -0.493 e. The van der Waals surface area contributed by atoms with E-state index >= 15 is 0 Å². The molecule has 2 aliphatic rings. The van der Waals surface area contributed by atoms with Crippen molar-refractivity contribution in [1.29, 1.82) is 0 Å². The normalized spacial score (nSPS) is 22.3. The van der Waals surface area contributed by atoms with Crippen LogP contribution in [-0.2, 0) is 13.0 Å². The van der Waals surface area contributed by atoms with Crippen molar-refractivity contribution < 1.29 is 4.74 Å². The van der Waals surface area contributed by atoms with E-state index in [9.17, 15) is 0 Å². The molecule has 5 heteroatoms. The number of likely N-dealkylation sites (tertiary alicyclic amines) is 1. The zero-order valence-corrected chi connectivity index (χ0v) is 12.3. The fourth-order valence-corrected chi connectivity index (χ4v) is 3.55. The predicted octanol–water partition coefficient (Wildman–Crippen LogP) is 2.53. The Balaban J connectivity index is 1.85. The Labute approximate surface area is 123 Å². The average Bonchev–Trinajstić information content (AvgIpc) is 2.96. The summed E-state index contributed by atoms with van der Waals surface area (Å²) in [6.45, 7) is 2.59. The van der Waals surface area contributed by atoms with Crippen LogP contribution in [0.5, 0.6) is 5.75 Å². The first-order valence-corrected chi connectivity index (χ1v) is 7.41. The number of rotatable bonds is 3. The van der Waals surface area contributed by atoms with Gasteiger partial charge in [0, 0.05) is 23.6 Å². The van der Waals surface area contributed by atoms with Gasteiger partial charge in [0.1, 0.15) is 5.75 Å². The molecule has 1 aromatic carbocycles. The second-order valence-electron chi connectivity index (χ2n) is 5.18. The molecule has 102 valence electrons. The zero-order valence-electron chi connectivity index (χ0n) is 10.7. The van der Waals surface area contributed by atoms with Crippen LogP contribution in [0.4, 0.5) is 0 Å². The highest BCUT2D eigenvalue weighted by Gasteiger charge is 2.28. The topological polar surface area (TPSA) is 38.5 Å². The first kappa shape index (κ1) is 13.2.